The van der Waals surface area contributed by atoms with E-state index in [0.717, 1.165) is 11.1 Å². The first kappa shape index (κ1) is 20.2. The number of aliphatic hydroxyl groups is 1. The first-order valence-electron chi connectivity index (χ1n) is 8.56. The topological polar surface area (TPSA) is 65.9 Å². The Morgan fingerprint density at radius 3 is 2.38 bits per heavy atom. The van der Waals surface area contributed by atoms with Crippen LogP contribution < -0.4 is 10.6 Å². The zero-order valence-electron chi connectivity index (χ0n) is 15.2. The van der Waals surface area contributed by atoms with Gasteiger partial charge in [0, 0.05) is 38.2 Å². The molecule has 3 N–H and O–H groups in total. The maximum Gasteiger partial charge on any atom is 0.191 e. The molecule has 2 aromatic carbocycles. The molecular formula is C20H26ClN3O2. The van der Waals surface area contributed by atoms with Crippen LogP contribution in [-0.2, 0) is 4.74 Å². The zero-order valence-corrected chi connectivity index (χ0v) is 15.9. The maximum atomic E-state index is 9.66. The molecule has 0 bridgehead atoms. The Morgan fingerprint density at radius 1 is 1.08 bits per heavy atom. The molecule has 0 aromatic heterocycles. The molecule has 0 saturated heterocycles. The van der Waals surface area contributed by atoms with Crippen LogP contribution in [0, 0.1) is 0 Å². The summed E-state index contributed by atoms with van der Waals surface area (Å²) in [7, 11) is 3.38. The smallest absolute Gasteiger partial charge is 0.191 e. The van der Waals surface area contributed by atoms with E-state index in [0.29, 0.717) is 24.1 Å². The van der Waals surface area contributed by atoms with E-state index in [2.05, 4.69) is 15.6 Å². The molecule has 2 rings (SSSR count). The summed E-state index contributed by atoms with van der Waals surface area (Å²) in [5, 5.41) is 16.9. The molecule has 26 heavy (non-hydrogen) atoms. The van der Waals surface area contributed by atoms with Crippen molar-refractivity contribution in [1.29, 1.82) is 0 Å². The van der Waals surface area contributed by atoms with Crippen LogP contribution in [-0.4, -0.2) is 44.9 Å². The van der Waals surface area contributed by atoms with Crippen LogP contribution in [0.1, 0.15) is 23.1 Å². The van der Waals surface area contributed by atoms with Crippen molar-refractivity contribution in [3.05, 3.63) is 70.7 Å². The van der Waals surface area contributed by atoms with Gasteiger partial charge in [-0.25, -0.2) is 0 Å². The van der Waals surface area contributed by atoms with E-state index in [9.17, 15) is 5.11 Å². The van der Waals surface area contributed by atoms with Crippen LogP contribution in [0.4, 0.5) is 0 Å². The van der Waals surface area contributed by atoms with Crippen LogP contribution in [0.3, 0.4) is 0 Å². The van der Waals surface area contributed by atoms with Gasteiger partial charge < -0.3 is 20.5 Å². The molecule has 0 heterocycles. The van der Waals surface area contributed by atoms with E-state index < -0.39 is 0 Å². The maximum absolute atomic E-state index is 9.66. The van der Waals surface area contributed by atoms with Gasteiger partial charge in [-0.3, -0.25) is 4.99 Å². The number of hydrogen-bond acceptors (Lipinski definition) is 3. The Balaban J connectivity index is 1.90. The van der Waals surface area contributed by atoms with Gasteiger partial charge in [0.1, 0.15) is 0 Å². The fourth-order valence-corrected chi connectivity index (χ4v) is 2.89. The number of aliphatic imine (C=N–C) groups is 1. The minimum atomic E-state index is -0.144. The Hall–Kier alpha value is -2.08. The van der Waals surface area contributed by atoms with Crippen molar-refractivity contribution < 1.29 is 9.84 Å². The molecule has 0 radical (unpaired) electrons. The highest BCUT2D eigenvalue weighted by Crippen LogP contribution is 2.19. The average Bonchev–Trinajstić information content (AvgIpc) is 2.68. The van der Waals surface area contributed by atoms with Crippen molar-refractivity contribution in [3.8, 4) is 0 Å². The normalized spacial score (nSPS) is 13.9. The zero-order chi connectivity index (χ0) is 18.8. The number of methoxy groups -OCH3 is 1. The summed E-state index contributed by atoms with van der Waals surface area (Å²) in [6.45, 7) is 1.19. The van der Waals surface area contributed by atoms with E-state index in [4.69, 9.17) is 16.3 Å². The Bertz CT molecular complexity index is 694. The third-order valence-electron chi connectivity index (χ3n) is 4.19. The highest BCUT2D eigenvalue weighted by atomic mass is 35.5. The molecule has 0 amide bonds. The van der Waals surface area contributed by atoms with Crippen molar-refractivity contribution in [3.63, 3.8) is 0 Å². The molecule has 2 unspecified atom stereocenters. The lowest BCUT2D eigenvalue weighted by atomic mass is 10.0. The van der Waals surface area contributed by atoms with E-state index in [1.54, 1.807) is 14.2 Å². The summed E-state index contributed by atoms with van der Waals surface area (Å²) in [6, 6.07) is 17.6. The van der Waals surface area contributed by atoms with Crippen molar-refractivity contribution in [2.75, 3.05) is 33.9 Å². The number of ether oxygens (including phenoxy) is 1. The highest BCUT2D eigenvalue weighted by molar-refractivity contribution is 6.30. The lowest BCUT2D eigenvalue weighted by Gasteiger charge is -2.21. The third kappa shape index (κ3) is 6.02. The Labute approximate surface area is 160 Å². The number of halogens is 1. The van der Waals surface area contributed by atoms with Crippen molar-refractivity contribution in [2.24, 2.45) is 4.99 Å². The summed E-state index contributed by atoms with van der Waals surface area (Å²) >= 11 is 6.06. The fourth-order valence-electron chi connectivity index (χ4n) is 2.69. The third-order valence-corrected chi connectivity index (χ3v) is 4.43. The molecule has 5 nitrogen and oxygen atoms in total. The van der Waals surface area contributed by atoms with Crippen LogP contribution in [0.5, 0.6) is 0 Å². The summed E-state index contributed by atoms with van der Waals surface area (Å²) in [6.07, 6.45) is -0.144. The molecule has 0 fully saturated rings. The molecule has 0 spiro atoms. The van der Waals surface area contributed by atoms with Crippen LogP contribution in [0.15, 0.2) is 59.6 Å². The standard InChI is InChI=1S/C20H26ClN3O2/c1-22-20(23-12-17(14-25)15-7-4-3-5-8-15)24-13-19(26-2)16-9-6-10-18(21)11-16/h3-11,17,19,25H,12-14H2,1-2H3,(H2,22,23,24). The monoisotopic (exact) mass is 375 g/mol. The SMILES string of the molecule is CN=C(NCC(CO)c1ccccc1)NCC(OC)c1cccc(Cl)c1. The van der Waals surface area contributed by atoms with Gasteiger partial charge in [0.25, 0.3) is 0 Å². The average molecular weight is 376 g/mol. The van der Waals surface area contributed by atoms with Gasteiger partial charge in [-0.15, -0.1) is 0 Å². The van der Waals surface area contributed by atoms with Gasteiger partial charge in [-0.2, -0.15) is 0 Å². The predicted octanol–water partition coefficient (Wildman–Crippen LogP) is 2.97. The lowest BCUT2D eigenvalue weighted by molar-refractivity contribution is 0.106. The van der Waals surface area contributed by atoms with Crippen LogP contribution >= 0.6 is 11.6 Å². The predicted molar refractivity (Wildman–Crippen MR) is 107 cm³/mol. The molecule has 0 aliphatic rings. The molecule has 0 aliphatic carbocycles. The van der Waals surface area contributed by atoms with E-state index >= 15 is 0 Å². The summed E-state index contributed by atoms with van der Waals surface area (Å²) < 4.78 is 5.56. The first-order valence-corrected chi connectivity index (χ1v) is 8.94. The minimum absolute atomic E-state index is 0.000835. The minimum Gasteiger partial charge on any atom is -0.396 e. The number of nitrogens with zero attached hydrogens (tertiary/aromatic N) is 1. The second-order valence-corrected chi connectivity index (χ2v) is 6.34. The van der Waals surface area contributed by atoms with Crippen LogP contribution in [0.25, 0.3) is 0 Å². The molecule has 2 atom stereocenters. The van der Waals surface area contributed by atoms with Crippen LogP contribution in [0.2, 0.25) is 5.02 Å². The summed E-state index contributed by atoms with van der Waals surface area (Å²) in [5.74, 6) is 0.657. The van der Waals surface area contributed by atoms with Gasteiger partial charge in [-0.1, -0.05) is 54.1 Å². The van der Waals surface area contributed by atoms with Gasteiger partial charge in [0.15, 0.2) is 5.96 Å². The molecule has 140 valence electrons. The van der Waals surface area contributed by atoms with Gasteiger partial charge in [-0.05, 0) is 23.3 Å². The molecule has 2 aromatic rings. The van der Waals surface area contributed by atoms with Gasteiger partial charge in [0.2, 0.25) is 0 Å². The first-order chi connectivity index (χ1) is 12.7. The Morgan fingerprint density at radius 2 is 1.77 bits per heavy atom. The van der Waals surface area contributed by atoms with Crippen molar-refractivity contribution in [1.82, 2.24) is 10.6 Å². The van der Waals surface area contributed by atoms with Gasteiger partial charge in [0.05, 0.1) is 12.7 Å². The summed E-state index contributed by atoms with van der Waals surface area (Å²) in [5.41, 5.74) is 2.09. The fraction of sp³-hybridized carbons (Fsp3) is 0.350. The molecule has 0 aliphatic heterocycles. The van der Waals surface area contributed by atoms with Crippen molar-refractivity contribution in [2.45, 2.75) is 12.0 Å². The van der Waals surface area contributed by atoms with Crippen molar-refractivity contribution >= 4 is 17.6 Å². The Kier molecular flexibility index (Phi) is 8.41. The number of aliphatic hydroxyl groups excluding tert-OH is 1. The number of benzene rings is 2. The lowest BCUT2D eigenvalue weighted by Crippen LogP contribution is -2.41. The van der Waals surface area contributed by atoms with Gasteiger partial charge >= 0.3 is 0 Å². The molecular weight excluding hydrogens is 350 g/mol. The largest absolute Gasteiger partial charge is 0.396 e. The molecule has 0 saturated carbocycles. The number of hydrogen-bond donors (Lipinski definition) is 3. The number of guanidine groups is 1. The van der Waals surface area contributed by atoms with E-state index in [1.807, 2.05) is 54.6 Å². The number of rotatable bonds is 8. The second kappa shape index (κ2) is 10.8. The second-order valence-electron chi connectivity index (χ2n) is 5.90. The highest BCUT2D eigenvalue weighted by Gasteiger charge is 2.14. The van der Waals surface area contributed by atoms with E-state index in [-0.39, 0.29) is 18.6 Å². The quantitative estimate of drug-likeness (QED) is 0.490. The van der Waals surface area contributed by atoms with E-state index in [1.165, 1.54) is 0 Å². The summed E-state index contributed by atoms with van der Waals surface area (Å²) in [4.78, 5) is 4.24. The number of nitrogens with one attached hydrogen (secondary N) is 2. The molecule has 6 heteroatoms.